The van der Waals surface area contributed by atoms with Gasteiger partial charge in [0, 0.05) is 17.5 Å². The molecule has 0 aliphatic heterocycles. The van der Waals surface area contributed by atoms with E-state index >= 15 is 0 Å². The monoisotopic (exact) mass is 561 g/mol. The summed E-state index contributed by atoms with van der Waals surface area (Å²) in [4.78, 5) is 28.7. The van der Waals surface area contributed by atoms with E-state index in [1.807, 2.05) is 118 Å². The molecule has 4 aromatic carbocycles. The second-order valence-electron chi connectivity index (χ2n) is 10.6. The van der Waals surface area contributed by atoms with E-state index in [1.54, 1.807) is 16.7 Å². The maximum atomic E-state index is 13.7. The van der Waals surface area contributed by atoms with Gasteiger partial charge >= 0.3 is 6.03 Å². The number of carbonyl (C=O) groups is 2. The molecule has 0 spiro atoms. The smallest absolute Gasteiger partial charge is 0.322 e. The molecule has 5 aromatic rings. The van der Waals surface area contributed by atoms with Crippen LogP contribution in [-0.2, 0) is 4.79 Å². The lowest BCUT2D eigenvalue weighted by molar-refractivity contribution is -0.116. The van der Waals surface area contributed by atoms with Crippen molar-refractivity contribution >= 4 is 34.2 Å². The number of fused-ring (bicyclic) bond motifs is 1. The summed E-state index contributed by atoms with van der Waals surface area (Å²) in [6.07, 6.45) is 0. The van der Waals surface area contributed by atoms with Gasteiger partial charge in [-0.1, -0.05) is 80.6 Å². The molecule has 2 N–H and O–H groups in total. The number of ether oxygens (including phenoxy) is 1. The Balaban J connectivity index is 1.44. The minimum Gasteiger partial charge on any atom is -0.497 e. The van der Waals surface area contributed by atoms with Crippen LogP contribution in [0.3, 0.4) is 0 Å². The van der Waals surface area contributed by atoms with E-state index in [4.69, 9.17) is 9.84 Å². The number of aromatic nitrogens is 2. The first kappa shape index (κ1) is 28.4. The summed E-state index contributed by atoms with van der Waals surface area (Å²) in [5, 5.41) is 12.9. The lowest BCUT2D eigenvalue weighted by Crippen LogP contribution is -2.42. The van der Waals surface area contributed by atoms with Gasteiger partial charge in [-0.2, -0.15) is 5.10 Å². The van der Waals surface area contributed by atoms with Gasteiger partial charge in [0.2, 0.25) is 5.91 Å². The molecule has 0 fully saturated rings. The SMILES string of the molecule is COc1ccc(-n2nc(C)c(-c3ccccc3)c2NC(=O)CN(CC(C)C)C(=O)Nc2cccc3ccccc23)cc1. The Bertz CT molecular complexity index is 1690. The van der Waals surface area contributed by atoms with Crippen LogP contribution in [0.1, 0.15) is 19.5 Å². The van der Waals surface area contributed by atoms with Crippen LogP contribution in [0.25, 0.3) is 27.6 Å². The van der Waals surface area contributed by atoms with Gasteiger partial charge in [0.15, 0.2) is 0 Å². The molecule has 5 rings (SSSR count). The van der Waals surface area contributed by atoms with Crippen molar-refractivity contribution < 1.29 is 14.3 Å². The molecule has 1 heterocycles. The zero-order valence-electron chi connectivity index (χ0n) is 24.3. The average Bonchev–Trinajstić information content (AvgIpc) is 3.32. The number of hydrogen-bond acceptors (Lipinski definition) is 4. The zero-order valence-corrected chi connectivity index (χ0v) is 24.3. The summed E-state index contributed by atoms with van der Waals surface area (Å²) >= 11 is 0. The number of benzene rings is 4. The number of aryl methyl sites for hydroxylation is 1. The van der Waals surface area contributed by atoms with E-state index < -0.39 is 0 Å². The Morgan fingerprint density at radius 2 is 1.57 bits per heavy atom. The fourth-order valence-corrected chi connectivity index (χ4v) is 5.04. The fourth-order valence-electron chi connectivity index (χ4n) is 5.04. The van der Waals surface area contributed by atoms with Crippen molar-refractivity contribution in [2.75, 3.05) is 30.8 Å². The lowest BCUT2D eigenvalue weighted by atomic mass is 10.1. The normalized spacial score (nSPS) is 11.0. The Labute approximate surface area is 245 Å². The third-order valence-electron chi connectivity index (χ3n) is 6.94. The van der Waals surface area contributed by atoms with Crippen molar-refractivity contribution in [3.05, 3.63) is 103 Å². The molecule has 214 valence electrons. The molecule has 8 nitrogen and oxygen atoms in total. The van der Waals surface area contributed by atoms with Gasteiger partial charge in [-0.15, -0.1) is 0 Å². The van der Waals surface area contributed by atoms with Gasteiger partial charge in [0.25, 0.3) is 0 Å². The van der Waals surface area contributed by atoms with Crippen LogP contribution in [0, 0.1) is 12.8 Å². The van der Waals surface area contributed by atoms with E-state index in [2.05, 4.69) is 10.6 Å². The molecule has 3 amide bonds. The van der Waals surface area contributed by atoms with Crippen LogP contribution < -0.4 is 15.4 Å². The van der Waals surface area contributed by atoms with Gasteiger partial charge in [-0.3, -0.25) is 4.79 Å². The third-order valence-corrected chi connectivity index (χ3v) is 6.94. The van der Waals surface area contributed by atoms with Crippen molar-refractivity contribution in [2.45, 2.75) is 20.8 Å². The van der Waals surface area contributed by atoms with E-state index in [0.717, 1.165) is 39.0 Å². The summed E-state index contributed by atoms with van der Waals surface area (Å²) in [5.41, 5.74) is 3.98. The first-order valence-corrected chi connectivity index (χ1v) is 14.0. The molecule has 0 atom stereocenters. The molecule has 0 bridgehead atoms. The molecule has 1 aromatic heterocycles. The van der Waals surface area contributed by atoms with Crippen molar-refractivity contribution in [2.24, 2.45) is 5.92 Å². The summed E-state index contributed by atoms with van der Waals surface area (Å²) in [7, 11) is 1.62. The molecule has 8 heteroatoms. The van der Waals surface area contributed by atoms with E-state index in [9.17, 15) is 9.59 Å². The highest BCUT2D eigenvalue weighted by Crippen LogP contribution is 2.34. The summed E-state index contributed by atoms with van der Waals surface area (Å²) in [5.74, 6) is 1.09. The van der Waals surface area contributed by atoms with Gasteiger partial charge in [0.1, 0.15) is 18.1 Å². The number of amides is 3. The number of methoxy groups -OCH3 is 1. The van der Waals surface area contributed by atoms with Crippen molar-refractivity contribution in [1.29, 1.82) is 0 Å². The molecule has 0 aliphatic carbocycles. The Kier molecular flexibility index (Phi) is 8.52. The van der Waals surface area contributed by atoms with Crippen LogP contribution in [0.2, 0.25) is 0 Å². The number of nitrogens with zero attached hydrogens (tertiary/aromatic N) is 3. The van der Waals surface area contributed by atoms with Crippen LogP contribution in [0.15, 0.2) is 97.1 Å². The molecule has 42 heavy (non-hydrogen) atoms. The maximum absolute atomic E-state index is 13.7. The lowest BCUT2D eigenvalue weighted by Gasteiger charge is -2.25. The number of carbonyl (C=O) groups excluding carboxylic acids is 2. The first-order valence-electron chi connectivity index (χ1n) is 14.0. The van der Waals surface area contributed by atoms with Crippen molar-refractivity contribution in [3.63, 3.8) is 0 Å². The van der Waals surface area contributed by atoms with Crippen LogP contribution in [0.5, 0.6) is 5.75 Å². The number of urea groups is 1. The molecular weight excluding hydrogens is 526 g/mol. The van der Waals surface area contributed by atoms with Crippen LogP contribution in [-0.4, -0.2) is 46.8 Å². The predicted octanol–water partition coefficient (Wildman–Crippen LogP) is 7.14. The Hall–Kier alpha value is -5.11. The van der Waals surface area contributed by atoms with Gasteiger partial charge < -0.3 is 20.3 Å². The largest absolute Gasteiger partial charge is 0.497 e. The molecule has 0 saturated heterocycles. The topological polar surface area (TPSA) is 88.5 Å². The highest BCUT2D eigenvalue weighted by molar-refractivity contribution is 6.03. The number of hydrogen-bond donors (Lipinski definition) is 2. The molecular formula is C34H35N5O3. The molecule has 0 saturated carbocycles. The zero-order chi connectivity index (χ0) is 29.6. The number of rotatable bonds is 9. The van der Waals surface area contributed by atoms with E-state index in [-0.39, 0.29) is 24.4 Å². The van der Waals surface area contributed by atoms with Gasteiger partial charge in [0.05, 0.1) is 24.2 Å². The molecule has 0 unspecified atom stereocenters. The summed E-state index contributed by atoms with van der Waals surface area (Å²) in [6, 6.07) is 30.6. The van der Waals surface area contributed by atoms with Crippen LogP contribution in [0.4, 0.5) is 16.3 Å². The molecule has 0 aliphatic rings. The quantitative estimate of drug-likeness (QED) is 0.200. The van der Waals surface area contributed by atoms with E-state index in [0.29, 0.717) is 18.1 Å². The standard InChI is InChI=1S/C34H35N5O3/c1-23(2)21-38(34(41)35-30-16-10-14-25-11-8-9-15-29(25)30)22-31(40)36-33-32(26-12-6-5-7-13-26)24(3)37-39(33)27-17-19-28(42-4)20-18-27/h5-20,23H,21-22H2,1-4H3,(H,35,41)(H,36,40). The highest BCUT2D eigenvalue weighted by atomic mass is 16.5. The average molecular weight is 562 g/mol. The van der Waals surface area contributed by atoms with Crippen molar-refractivity contribution in [3.8, 4) is 22.6 Å². The van der Waals surface area contributed by atoms with Gasteiger partial charge in [-0.05, 0) is 54.1 Å². The second kappa shape index (κ2) is 12.6. The van der Waals surface area contributed by atoms with Gasteiger partial charge in [-0.25, -0.2) is 9.48 Å². The number of nitrogens with one attached hydrogen (secondary N) is 2. The minimum absolute atomic E-state index is 0.129. The van der Waals surface area contributed by atoms with E-state index in [1.165, 1.54) is 0 Å². The van der Waals surface area contributed by atoms with Crippen LogP contribution >= 0.6 is 0 Å². The summed E-state index contributed by atoms with van der Waals surface area (Å²) < 4.78 is 7.04. The Morgan fingerprint density at radius 1 is 0.881 bits per heavy atom. The van der Waals surface area contributed by atoms with Crippen molar-refractivity contribution in [1.82, 2.24) is 14.7 Å². The summed E-state index contributed by atoms with van der Waals surface area (Å²) in [6.45, 7) is 6.24. The maximum Gasteiger partial charge on any atom is 0.322 e. The third kappa shape index (κ3) is 6.28. The second-order valence-corrected chi connectivity index (χ2v) is 10.6. The highest BCUT2D eigenvalue weighted by Gasteiger charge is 2.24. The Morgan fingerprint density at radius 3 is 2.29 bits per heavy atom. The number of anilines is 2. The first-order chi connectivity index (χ1) is 20.3. The fraction of sp³-hybridized carbons (Fsp3) is 0.206. The minimum atomic E-state index is -0.335. The predicted molar refractivity (Wildman–Crippen MR) is 168 cm³/mol. The molecule has 0 radical (unpaired) electrons.